The van der Waals surface area contributed by atoms with Crippen molar-refractivity contribution in [3.05, 3.63) is 0 Å². The van der Waals surface area contributed by atoms with Crippen molar-refractivity contribution < 1.29 is 54.8 Å². The Morgan fingerprint density at radius 1 is 1.16 bits per heavy atom. The third kappa shape index (κ3) is 5.25. The Hall–Kier alpha value is -0.930. The van der Waals surface area contributed by atoms with Gasteiger partial charge in [0.1, 0.15) is 42.7 Å². The minimum atomic E-state index is -2.25. The molecule has 12 heteroatoms. The van der Waals surface area contributed by atoms with Crippen LogP contribution in [0.5, 0.6) is 0 Å². The number of likely N-dealkylation sites (tertiary alicyclic amines) is 1. The molecule has 7 N–H and O–H groups in total. The third-order valence-electron chi connectivity index (χ3n) is 6.31. The van der Waals surface area contributed by atoms with E-state index >= 15 is 0 Å². The van der Waals surface area contributed by atoms with E-state index in [1.54, 1.807) is 0 Å². The predicted octanol–water partition coefficient (Wildman–Crippen LogP) is -3.49. The first kappa shape index (κ1) is 25.7. The van der Waals surface area contributed by atoms with Gasteiger partial charge in [-0.2, -0.15) is 0 Å². The number of nitrogens with zero attached hydrogens (tertiary/aromatic N) is 1. The van der Waals surface area contributed by atoms with E-state index in [0.29, 0.717) is 18.9 Å². The maximum Gasteiger partial charge on any atom is 0.223 e. The minimum absolute atomic E-state index is 0.124. The number of β-amino-alcohol motifs (C(OH)–C–C–N with tert-alkyl or cyclic N) is 1. The first-order valence-corrected chi connectivity index (χ1v) is 10.9. The predicted molar refractivity (Wildman–Crippen MR) is 106 cm³/mol. The van der Waals surface area contributed by atoms with Crippen LogP contribution in [0, 0.1) is 11.8 Å². The molecule has 3 aliphatic heterocycles. The molecule has 0 aliphatic carbocycles. The minimum Gasteiger partial charge on any atom is -0.394 e. The molecule has 0 aromatic carbocycles. The lowest BCUT2D eigenvalue weighted by Gasteiger charge is -2.47. The average Bonchev–Trinajstić information content (AvgIpc) is 3.06. The molecule has 186 valence electrons. The molecule has 32 heavy (non-hydrogen) atoms. The summed E-state index contributed by atoms with van der Waals surface area (Å²) in [5.41, 5.74) is 0. The molecule has 0 aromatic heterocycles. The molecule has 10 atom stereocenters. The summed E-state index contributed by atoms with van der Waals surface area (Å²) in [6.45, 7) is 3.04. The van der Waals surface area contributed by atoms with E-state index in [9.17, 15) is 40.5 Å². The van der Waals surface area contributed by atoms with Crippen molar-refractivity contribution in [1.82, 2.24) is 4.90 Å². The van der Waals surface area contributed by atoms with Crippen LogP contribution in [0.1, 0.15) is 26.7 Å². The first-order chi connectivity index (χ1) is 15.0. The van der Waals surface area contributed by atoms with Crippen LogP contribution in [0.15, 0.2) is 0 Å². The fraction of sp³-hybridized carbons (Fsp3) is 0.950. The lowest BCUT2D eigenvalue weighted by Crippen LogP contribution is -2.67. The van der Waals surface area contributed by atoms with E-state index in [1.165, 1.54) is 4.90 Å². The topological polar surface area (TPSA) is 190 Å². The zero-order valence-corrected chi connectivity index (χ0v) is 18.2. The van der Waals surface area contributed by atoms with Gasteiger partial charge >= 0.3 is 0 Å². The molecule has 3 rings (SSSR count). The summed E-state index contributed by atoms with van der Waals surface area (Å²) in [5.74, 6) is -1.91. The van der Waals surface area contributed by atoms with Gasteiger partial charge in [-0.3, -0.25) is 4.79 Å². The van der Waals surface area contributed by atoms with Crippen LogP contribution in [0.25, 0.3) is 0 Å². The molecular weight excluding hydrogens is 430 g/mol. The Morgan fingerprint density at radius 2 is 1.84 bits per heavy atom. The van der Waals surface area contributed by atoms with Crippen LogP contribution in [-0.2, 0) is 19.0 Å². The average molecular weight is 465 g/mol. The zero-order valence-electron chi connectivity index (χ0n) is 18.2. The monoisotopic (exact) mass is 465 g/mol. The molecule has 12 nitrogen and oxygen atoms in total. The molecule has 9 unspecified atom stereocenters. The van der Waals surface area contributed by atoms with Gasteiger partial charge in [0.2, 0.25) is 11.7 Å². The van der Waals surface area contributed by atoms with Crippen molar-refractivity contribution >= 4 is 5.91 Å². The van der Waals surface area contributed by atoms with Crippen LogP contribution in [-0.4, -0.2) is 128 Å². The van der Waals surface area contributed by atoms with Crippen LogP contribution >= 0.6 is 0 Å². The van der Waals surface area contributed by atoms with Gasteiger partial charge in [0, 0.05) is 13.0 Å². The van der Waals surface area contributed by atoms with E-state index in [0.717, 1.165) is 6.42 Å². The Morgan fingerprint density at radius 3 is 2.47 bits per heavy atom. The van der Waals surface area contributed by atoms with Crippen molar-refractivity contribution in [3.8, 4) is 0 Å². The highest BCUT2D eigenvalue weighted by Gasteiger charge is 2.54. The lowest BCUT2D eigenvalue weighted by atomic mass is 9.95. The van der Waals surface area contributed by atoms with Gasteiger partial charge < -0.3 is 54.9 Å². The third-order valence-corrected chi connectivity index (χ3v) is 6.31. The van der Waals surface area contributed by atoms with E-state index < -0.39 is 68.0 Å². The molecule has 0 bridgehead atoms. The Bertz CT molecular complexity index is 649. The lowest BCUT2D eigenvalue weighted by molar-refractivity contribution is -0.369. The number of amides is 1. The molecule has 0 aromatic rings. The summed E-state index contributed by atoms with van der Waals surface area (Å²) in [6.07, 6.45) is -11.5. The first-order valence-electron chi connectivity index (χ1n) is 10.9. The van der Waals surface area contributed by atoms with Crippen molar-refractivity contribution in [1.29, 1.82) is 0 Å². The molecule has 0 saturated carbocycles. The number of ether oxygens (including phenoxy) is 3. The highest BCUT2D eigenvalue weighted by Crippen LogP contribution is 2.33. The van der Waals surface area contributed by atoms with Gasteiger partial charge in [0.25, 0.3) is 0 Å². The van der Waals surface area contributed by atoms with Crippen molar-refractivity contribution in [3.63, 3.8) is 0 Å². The summed E-state index contributed by atoms with van der Waals surface area (Å²) >= 11 is 0. The van der Waals surface area contributed by atoms with E-state index in [1.807, 2.05) is 0 Å². The van der Waals surface area contributed by atoms with E-state index in [4.69, 9.17) is 14.2 Å². The molecule has 3 aliphatic rings. The van der Waals surface area contributed by atoms with E-state index in [-0.39, 0.29) is 18.4 Å². The second-order valence-electron chi connectivity index (χ2n) is 9.44. The number of aliphatic hydroxyl groups excluding tert-OH is 6. The number of hydrogen-bond acceptors (Lipinski definition) is 11. The maximum atomic E-state index is 12.4. The van der Waals surface area contributed by atoms with Gasteiger partial charge in [-0.25, -0.2) is 0 Å². The van der Waals surface area contributed by atoms with Crippen LogP contribution < -0.4 is 0 Å². The summed E-state index contributed by atoms with van der Waals surface area (Å²) in [6, 6.07) is 0. The Labute approximate surface area is 185 Å². The van der Waals surface area contributed by atoms with Gasteiger partial charge in [0.05, 0.1) is 19.8 Å². The van der Waals surface area contributed by atoms with Crippen LogP contribution in [0.3, 0.4) is 0 Å². The molecule has 1 amide bonds. The summed E-state index contributed by atoms with van der Waals surface area (Å²) in [4.78, 5) is 13.8. The normalized spacial score (nSPS) is 45.6. The summed E-state index contributed by atoms with van der Waals surface area (Å²) < 4.78 is 16.0. The van der Waals surface area contributed by atoms with Crippen molar-refractivity contribution in [2.75, 3.05) is 26.3 Å². The van der Waals surface area contributed by atoms with Crippen molar-refractivity contribution in [2.24, 2.45) is 11.8 Å². The fourth-order valence-corrected chi connectivity index (χ4v) is 4.62. The van der Waals surface area contributed by atoms with Crippen molar-refractivity contribution in [2.45, 2.75) is 81.5 Å². The number of rotatable bonds is 7. The van der Waals surface area contributed by atoms with Gasteiger partial charge in [-0.1, -0.05) is 13.8 Å². The number of aliphatic hydroxyl groups is 7. The molecule has 3 fully saturated rings. The smallest absolute Gasteiger partial charge is 0.223 e. The van der Waals surface area contributed by atoms with Gasteiger partial charge in [-0.15, -0.1) is 0 Å². The second kappa shape index (κ2) is 10.1. The highest BCUT2D eigenvalue weighted by atomic mass is 16.7. The molecule has 0 spiro atoms. The molecular formula is C20H35NO11. The Kier molecular flexibility index (Phi) is 8.14. The highest BCUT2D eigenvalue weighted by molar-refractivity contribution is 5.78. The van der Waals surface area contributed by atoms with Gasteiger partial charge in [0.15, 0.2) is 6.29 Å². The van der Waals surface area contributed by atoms with Gasteiger partial charge in [-0.05, 0) is 18.3 Å². The number of carbonyl (C=O) groups excluding carboxylic acids is 1. The SMILES string of the molecule is CC(C)C[C@H]1CC(=O)N(CC2(O)OCC(O)C(OC3OC(CO)C(O)C(O)C3O)C2O)C1. The molecule has 0 radical (unpaired) electrons. The maximum absolute atomic E-state index is 12.4. The standard InChI is InChI=1S/C20H35NO11/c1-9(2)3-10-4-13(24)21(5-10)8-20(29)18(28)17(11(23)7-30-20)32-19-16(27)15(26)14(25)12(6-22)31-19/h9-12,14-19,22-23,25-29H,3-8H2,1-2H3/t10-,11?,12?,14?,15?,16?,17?,18?,19?,20?/m0/s1. The molecule has 3 heterocycles. The summed E-state index contributed by atoms with van der Waals surface area (Å²) in [5, 5.41) is 71.3. The zero-order chi connectivity index (χ0) is 23.8. The second-order valence-corrected chi connectivity index (χ2v) is 9.44. The summed E-state index contributed by atoms with van der Waals surface area (Å²) in [7, 11) is 0. The molecule has 3 saturated heterocycles. The Balaban J connectivity index is 1.69. The van der Waals surface area contributed by atoms with E-state index in [2.05, 4.69) is 13.8 Å². The largest absolute Gasteiger partial charge is 0.394 e. The fourth-order valence-electron chi connectivity index (χ4n) is 4.62. The number of hydrogen-bond donors (Lipinski definition) is 7. The van der Waals surface area contributed by atoms with Crippen LogP contribution in [0.2, 0.25) is 0 Å². The quantitative estimate of drug-likeness (QED) is 0.198. The van der Waals surface area contributed by atoms with Crippen LogP contribution in [0.4, 0.5) is 0 Å². The number of carbonyl (C=O) groups is 1.